The number of carbonyl (C=O) groups excluding carboxylic acids is 1. The topological polar surface area (TPSA) is 124 Å². The first kappa shape index (κ1) is 22.4. The number of nitrogens with zero attached hydrogens (tertiary/aromatic N) is 1. The first-order valence-electron chi connectivity index (χ1n) is 8.88. The SMILES string of the molecule is O=C(O)[C@H](Cc1ccc(O)cc1)NC(=O)[C@@H]1SCCN1S(=O)(=O)c1cccc(Cl)c1. The normalized spacial score (nSPS) is 18.1. The number of carboxylic acid groups (broad SMARTS) is 1. The molecule has 0 radical (unpaired) electrons. The minimum Gasteiger partial charge on any atom is -0.508 e. The molecule has 3 rings (SSSR count). The highest BCUT2D eigenvalue weighted by Gasteiger charge is 2.41. The van der Waals surface area contributed by atoms with Crippen LogP contribution >= 0.6 is 23.4 Å². The van der Waals surface area contributed by atoms with Crippen molar-refractivity contribution in [3.63, 3.8) is 0 Å². The molecular formula is C19H19ClN2O6S2. The van der Waals surface area contributed by atoms with Crippen molar-refractivity contribution in [2.45, 2.75) is 22.7 Å². The summed E-state index contributed by atoms with van der Waals surface area (Å²) in [5, 5.41) is 20.4. The van der Waals surface area contributed by atoms with Gasteiger partial charge in [0, 0.05) is 23.7 Å². The van der Waals surface area contributed by atoms with Gasteiger partial charge in [0.1, 0.15) is 17.2 Å². The molecule has 1 fully saturated rings. The Morgan fingerprint density at radius 1 is 1.23 bits per heavy atom. The summed E-state index contributed by atoms with van der Waals surface area (Å²) >= 11 is 7.02. The van der Waals surface area contributed by atoms with Gasteiger partial charge in [-0.3, -0.25) is 4.79 Å². The molecule has 3 N–H and O–H groups in total. The number of benzene rings is 2. The van der Waals surface area contributed by atoms with E-state index in [9.17, 15) is 28.2 Å². The number of hydrogen-bond donors (Lipinski definition) is 3. The van der Waals surface area contributed by atoms with Gasteiger partial charge in [-0.1, -0.05) is 29.8 Å². The van der Waals surface area contributed by atoms with Gasteiger partial charge in [0.15, 0.2) is 0 Å². The van der Waals surface area contributed by atoms with Gasteiger partial charge in [0.25, 0.3) is 0 Å². The van der Waals surface area contributed by atoms with Crippen molar-refractivity contribution in [2.75, 3.05) is 12.3 Å². The molecule has 1 aliphatic rings. The van der Waals surface area contributed by atoms with E-state index in [-0.39, 0.29) is 28.6 Å². The van der Waals surface area contributed by atoms with Crippen LogP contribution in [-0.4, -0.2) is 58.5 Å². The van der Waals surface area contributed by atoms with Gasteiger partial charge >= 0.3 is 5.97 Å². The Kier molecular flexibility index (Phi) is 6.91. The first-order valence-corrected chi connectivity index (χ1v) is 11.8. The third-order valence-electron chi connectivity index (χ3n) is 4.47. The highest BCUT2D eigenvalue weighted by atomic mass is 35.5. The molecule has 1 amide bonds. The molecule has 30 heavy (non-hydrogen) atoms. The Morgan fingerprint density at radius 2 is 1.93 bits per heavy atom. The molecule has 11 heteroatoms. The Hall–Kier alpha value is -2.27. The molecule has 2 aromatic carbocycles. The standard InChI is InChI=1S/C19H19ClN2O6S2/c20-13-2-1-3-15(11-13)30(27,28)22-8-9-29-18(22)17(24)21-16(19(25)26)10-12-4-6-14(23)7-5-12/h1-7,11,16,18,23H,8-10H2,(H,21,24)(H,25,26)/t16-,18-/m0/s1. The molecule has 1 heterocycles. The van der Waals surface area contributed by atoms with E-state index in [2.05, 4.69) is 5.32 Å². The molecule has 0 aromatic heterocycles. The van der Waals surface area contributed by atoms with E-state index in [0.29, 0.717) is 11.3 Å². The summed E-state index contributed by atoms with van der Waals surface area (Å²) < 4.78 is 27.0. The van der Waals surface area contributed by atoms with E-state index < -0.39 is 33.3 Å². The highest BCUT2D eigenvalue weighted by Crippen LogP contribution is 2.31. The fourth-order valence-corrected chi connectivity index (χ4v) is 6.37. The highest BCUT2D eigenvalue weighted by molar-refractivity contribution is 8.02. The smallest absolute Gasteiger partial charge is 0.326 e. The zero-order chi connectivity index (χ0) is 21.9. The van der Waals surface area contributed by atoms with Gasteiger partial charge in [-0.2, -0.15) is 4.31 Å². The van der Waals surface area contributed by atoms with E-state index in [1.165, 1.54) is 30.3 Å². The molecule has 160 valence electrons. The maximum atomic E-state index is 13.0. The third kappa shape index (κ3) is 5.07. The number of phenols is 1. The zero-order valence-corrected chi connectivity index (χ0v) is 18.0. The van der Waals surface area contributed by atoms with Crippen molar-refractivity contribution in [3.8, 4) is 5.75 Å². The lowest BCUT2D eigenvalue weighted by Crippen LogP contribution is -2.50. The van der Waals surface area contributed by atoms with E-state index in [4.69, 9.17) is 11.6 Å². The van der Waals surface area contributed by atoms with E-state index >= 15 is 0 Å². The quantitative estimate of drug-likeness (QED) is 0.564. The second-order valence-electron chi connectivity index (χ2n) is 6.57. The number of carbonyl (C=O) groups is 2. The van der Waals surface area contributed by atoms with Crippen LogP contribution in [0.3, 0.4) is 0 Å². The van der Waals surface area contributed by atoms with Crippen LogP contribution < -0.4 is 5.32 Å². The van der Waals surface area contributed by atoms with Crippen LogP contribution in [0.25, 0.3) is 0 Å². The van der Waals surface area contributed by atoms with Crippen LogP contribution in [0.2, 0.25) is 5.02 Å². The lowest BCUT2D eigenvalue weighted by Gasteiger charge is -2.24. The second-order valence-corrected chi connectivity index (χ2v) is 10.1. The van der Waals surface area contributed by atoms with Crippen molar-refractivity contribution >= 4 is 45.3 Å². The number of aliphatic carboxylic acids is 1. The van der Waals surface area contributed by atoms with Gasteiger partial charge < -0.3 is 15.5 Å². The van der Waals surface area contributed by atoms with Crippen molar-refractivity contribution in [1.29, 1.82) is 0 Å². The van der Waals surface area contributed by atoms with Gasteiger partial charge in [0.05, 0.1) is 4.90 Å². The lowest BCUT2D eigenvalue weighted by molar-refractivity contribution is -0.141. The predicted octanol–water partition coefficient (Wildman–Crippen LogP) is 1.92. The van der Waals surface area contributed by atoms with Crippen LogP contribution in [0, 0.1) is 0 Å². The number of nitrogens with one attached hydrogen (secondary N) is 1. The molecule has 0 aliphatic carbocycles. The summed E-state index contributed by atoms with van der Waals surface area (Å²) in [4.78, 5) is 24.4. The van der Waals surface area contributed by atoms with Crippen molar-refractivity contribution in [2.24, 2.45) is 0 Å². The molecule has 8 nitrogen and oxygen atoms in total. The fraction of sp³-hybridized carbons (Fsp3) is 0.263. The number of phenolic OH excluding ortho intramolecular Hbond substituents is 1. The summed E-state index contributed by atoms with van der Waals surface area (Å²) in [6, 6.07) is 10.4. The number of halogens is 1. The van der Waals surface area contributed by atoms with Crippen molar-refractivity contribution in [1.82, 2.24) is 9.62 Å². The molecule has 0 spiro atoms. The number of aromatic hydroxyl groups is 1. The van der Waals surface area contributed by atoms with Crippen LogP contribution in [0.15, 0.2) is 53.4 Å². The second kappa shape index (κ2) is 9.25. The molecule has 2 aromatic rings. The van der Waals surface area contributed by atoms with Crippen molar-refractivity contribution < 1.29 is 28.2 Å². The number of thioether (sulfide) groups is 1. The number of amides is 1. The molecule has 0 unspecified atom stereocenters. The van der Waals surface area contributed by atoms with E-state index in [0.717, 1.165) is 16.1 Å². The molecule has 2 atom stereocenters. The van der Waals surface area contributed by atoms with Gasteiger partial charge in [-0.15, -0.1) is 11.8 Å². The maximum Gasteiger partial charge on any atom is 0.326 e. The Balaban J connectivity index is 1.77. The molecule has 1 saturated heterocycles. The number of sulfonamides is 1. The average molecular weight is 471 g/mol. The summed E-state index contributed by atoms with van der Waals surface area (Å²) in [5.74, 6) is -1.51. The van der Waals surface area contributed by atoms with Gasteiger partial charge in [-0.25, -0.2) is 13.2 Å². The van der Waals surface area contributed by atoms with Crippen LogP contribution in [0.1, 0.15) is 5.56 Å². The summed E-state index contributed by atoms with van der Waals surface area (Å²) in [6.07, 6.45) is -0.0141. The lowest BCUT2D eigenvalue weighted by atomic mass is 10.1. The largest absolute Gasteiger partial charge is 0.508 e. The van der Waals surface area contributed by atoms with Gasteiger partial charge in [-0.05, 0) is 35.9 Å². The Morgan fingerprint density at radius 3 is 2.57 bits per heavy atom. The fourth-order valence-electron chi connectivity index (χ4n) is 2.98. The van der Waals surface area contributed by atoms with Crippen molar-refractivity contribution in [3.05, 3.63) is 59.1 Å². The average Bonchev–Trinajstić information content (AvgIpc) is 3.20. The number of carboxylic acids is 1. The molecule has 0 saturated carbocycles. The van der Waals surface area contributed by atoms with Gasteiger partial charge in [0.2, 0.25) is 15.9 Å². The Labute approximate surface area is 182 Å². The Bertz CT molecular complexity index is 1050. The van der Waals surface area contributed by atoms with Crippen LogP contribution in [0.4, 0.5) is 0 Å². The minimum absolute atomic E-state index is 0.0141. The summed E-state index contributed by atoms with van der Waals surface area (Å²) in [6.45, 7) is 0.118. The zero-order valence-electron chi connectivity index (χ0n) is 15.6. The van der Waals surface area contributed by atoms with E-state index in [1.807, 2.05) is 0 Å². The van der Waals surface area contributed by atoms with E-state index in [1.54, 1.807) is 18.2 Å². The predicted molar refractivity (Wildman–Crippen MR) is 113 cm³/mol. The van der Waals surface area contributed by atoms with Crippen LogP contribution in [-0.2, 0) is 26.0 Å². The minimum atomic E-state index is -3.98. The monoisotopic (exact) mass is 470 g/mol. The summed E-state index contributed by atoms with van der Waals surface area (Å²) in [5.41, 5.74) is 0.600. The van der Waals surface area contributed by atoms with Crippen LogP contribution in [0.5, 0.6) is 5.75 Å². The number of hydrogen-bond acceptors (Lipinski definition) is 6. The maximum absolute atomic E-state index is 13.0. The molecule has 0 bridgehead atoms. The molecule has 1 aliphatic heterocycles. The number of rotatable bonds is 7. The molecular weight excluding hydrogens is 452 g/mol. The third-order valence-corrected chi connectivity index (χ3v) is 7.90. The summed E-state index contributed by atoms with van der Waals surface area (Å²) in [7, 11) is -3.98. The first-order chi connectivity index (χ1) is 14.2.